The summed E-state index contributed by atoms with van der Waals surface area (Å²) in [7, 11) is 0. The highest BCUT2D eigenvalue weighted by Crippen LogP contribution is 2.41. The molecule has 0 bridgehead atoms. The van der Waals surface area contributed by atoms with Crippen molar-refractivity contribution in [1.82, 2.24) is 4.57 Å². The maximum Gasteiger partial charge on any atom is 0.0553 e. The predicted molar refractivity (Wildman–Crippen MR) is 142 cm³/mol. The second-order valence-corrected chi connectivity index (χ2v) is 9.88. The van der Waals surface area contributed by atoms with Crippen LogP contribution in [0.2, 0.25) is 0 Å². The summed E-state index contributed by atoms with van der Waals surface area (Å²) in [5, 5.41) is 5.21. The van der Waals surface area contributed by atoms with Crippen molar-refractivity contribution in [2.24, 2.45) is 0 Å². The maximum atomic E-state index is 2.41. The van der Waals surface area contributed by atoms with Gasteiger partial charge in [0.15, 0.2) is 0 Å². The first-order valence-electron chi connectivity index (χ1n) is 11.6. The van der Waals surface area contributed by atoms with Crippen LogP contribution in [0.3, 0.4) is 0 Å². The first-order valence-corrected chi connectivity index (χ1v) is 11.6. The number of nitrogens with zero attached hydrogens (tertiary/aromatic N) is 1. The van der Waals surface area contributed by atoms with Crippen LogP contribution in [0.15, 0.2) is 109 Å². The van der Waals surface area contributed by atoms with Gasteiger partial charge in [-0.15, -0.1) is 0 Å². The Hall–Kier alpha value is -3.84. The van der Waals surface area contributed by atoms with Crippen molar-refractivity contribution in [2.45, 2.75) is 26.2 Å². The third-order valence-electron chi connectivity index (χ3n) is 6.76. The van der Waals surface area contributed by atoms with Crippen LogP contribution < -0.4 is 0 Å². The smallest absolute Gasteiger partial charge is 0.0553 e. The maximum absolute atomic E-state index is 2.41. The third kappa shape index (κ3) is 3.15. The lowest BCUT2D eigenvalue weighted by Crippen LogP contribution is -2.10. The van der Waals surface area contributed by atoms with Gasteiger partial charge in [0.2, 0.25) is 0 Å². The predicted octanol–water partition coefficient (Wildman–Crippen LogP) is 8.90. The standard InChI is InChI=1S/C32H27N/c1-32(2,3)23-19-17-22(18-20-23)28-21-30-31(26-14-8-7-13-25(26)28)27-15-9-10-16-29(27)33(30)24-11-5-4-6-12-24/h4-21H,1-3H3. The van der Waals surface area contributed by atoms with Crippen molar-refractivity contribution in [3.05, 3.63) is 115 Å². The Kier molecular flexibility index (Phi) is 4.41. The first-order chi connectivity index (χ1) is 16.0. The molecule has 0 aliphatic heterocycles. The lowest BCUT2D eigenvalue weighted by molar-refractivity contribution is 0.590. The van der Waals surface area contributed by atoms with E-state index >= 15 is 0 Å². The van der Waals surface area contributed by atoms with E-state index in [0.29, 0.717) is 0 Å². The molecule has 6 aromatic rings. The highest BCUT2D eigenvalue weighted by atomic mass is 15.0. The molecule has 33 heavy (non-hydrogen) atoms. The van der Waals surface area contributed by atoms with E-state index in [2.05, 4.69) is 135 Å². The van der Waals surface area contributed by atoms with E-state index in [-0.39, 0.29) is 5.41 Å². The van der Waals surface area contributed by atoms with Crippen LogP contribution >= 0.6 is 0 Å². The van der Waals surface area contributed by atoms with Crippen LogP contribution in [0.1, 0.15) is 26.3 Å². The molecule has 0 saturated heterocycles. The molecule has 1 nitrogen and oxygen atoms in total. The third-order valence-corrected chi connectivity index (χ3v) is 6.76. The number of hydrogen-bond donors (Lipinski definition) is 0. The monoisotopic (exact) mass is 425 g/mol. The Morgan fingerprint density at radius 3 is 1.85 bits per heavy atom. The van der Waals surface area contributed by atoms with E-state index in [1.165, 1.54) is 55.0 Å². The highest BCUT2D eigenvalue weighted by Gasteiger charge is 2.18. The quantitative estimate of drug-likeness (QED) is 0.261. The summed E-state index contributed by atoms with van der Waals surface area (Å²) in [6.07, 6.45) is 0. The largest absolute Gasteiger partial charge is 0.309 e. The van der Waals surface area contributed by atoms with Gasteiger partial charge in [0, 0.05) is 16.5 Å². The van der Waals surface area contributed by atoms with Crippen molar-refractivity contribution in [1.29, 1.82) is 0 Å². The summed E-state index contributed by atoms with van der Waals surface area (Å²) < 4.78 is 2.41. The van der Waals surface area contributed by atoms with Gasteiger partial charge in [0.1, 0.15) is 0 Å². The van der Waals surface area contributed by atoms with Crippen LogP contribution in [0.25, 0.3) is 49.4 Å². The van der Waals surface area contributed by atoms with E-state index in [9.17, 15) is 0 Å². The average Bonchev–Trinajstić information content (AvgIpc) is 3.18. The molecule has 6 rings (SSSR count). The lowest BCUT2D eigenvalue weighted by atomic mass is 9.85. The molecule has 160 valence electrons. The van der Waals surface area contributed by atoms with Crippen molar-refractivity contribution < 1.29 is 0 Å². The molecular weight excluding hydrogens is 398 g/mol. The zero-order chi connectivity index (χ0) is 22.6. The van der Waals surface area contributed by atoms with Gasteiger partial charge in [-0.2, -0.15) is 0 Å². The number of fused-ring (bicyclic) bond motifs is 5. The SMILES string of the molecule is CC(C)(C)c1ccc(-c2cc3c(c4ccccc24)c2ccccc2n3-c2ccccc2)cc1. The highest BCUT2D eigenvalue weighted by molar-refractivity contribution is 6.24. The van der Waals surface area contributed by atoms with Crippen molar-refractivity contribution in [2.75, 3.05) is 0 Å². The van der Waals surface area contributed by atoms with Crippen LogP contribution in [0, 0.1) is 0 Å². The Morgan fingerprint density at radius 1 is 0.545 bits per heavy atom. The van der Waals surface area contributed by atoms with Gasteiger partial charge < -0.3 is 4.57 Å². The van der Waals surface area contributed by atoms with Crippen molar-refractivity contribution in [3.8, 4) is 16.8 Å². The molecule has 1 aromatic heterocycles. The summed E-state index contributed by atoms with van der Waals surface area (Å²) in [5.74, 6) is 0. The number of hydrogen-bond acceptors (Lipinski definition) is 0. The number of aromatic nitrogens is 1. The van der Waals surface area contributed by atoms with Gasteiger partial charge in [-0.1, -0.05) is 106 Å². The van der Waals surface area contributed by atoms with Crippen LogP contribution in [-0.2, 0) is 5.41 Å². The molecule has 0 amide bonds. The molecular formula is C32H27N. The van der Waals surface area contributed by atoms with Gasteiger partial charge >= 0.3 is 0 Å². The summed E-state index contributed by atoms with van der Waals surface area (Å²) >= 11 is 0. The van der Waals surface area contributed by atoms with Gasteiger partial charge in [-0.3, -0.25) is 0 Å². The zero-order valence-electron chi connectivity index (χ0n) is 19.3. The minimum atomic E-state index is 0.143. The second-order valence-electron chi connectivity index (χ2n) is 9.88. The lowest BCUT2D eigenvalue weighted by Gasteiger charge is -2.19. The minimum Gasteiger partial charge on any atom is -0.309 e. The molecule has 1 heteroatoms. The molecule has 1 heterocycles. The normalized spacial score (nSPS) is 12.1. The second kappa shape index (κ2) is 7.35. The molecule has 0 spiro atoms. The number of benzene rings is 5. The van der Waals surface area contributed by atoms with E-state index in [4.69, 9.17) is 0 Å². The Morgan fingerprint density at radius 2 is 1.15 bits per heavy atom. The molecule has 0 unspecified atom stereocenters. The van der Waals surface area contributed by atoms with E-state index in [1.807, 2.05) is 0 Å². The Balaban J connectivity index is 1.74. The average molecular weight is 426 g/mol. The van der Waals surface area contributed by atoms with Gasteiger partial charge in [-0.05, 0) is 57.1 Å². The van der Waals surface area contributed by atoms with E-state index < -0.39 is 0 Å². The molecule has 0 aliphatic rings. The Bertz CT molecular complexity index is 1610. The van der Waals surface area contributed by atoms with Crippen molar-refractivity contribution >= 4 is 32.6 Å². The molecule has 0 N–H and O–H groups in total. The van der Waals surface area contributed by atoms with Crippen LogP contribution in [0.4, 0.5) is 0 Å². The molecule has 0 atom stereocenters. The first kappa shape index (κ1) is 19.8. The van der Waals surface area contributed by atoms with Crippen LogP contribution in [-0.4, -0.2) is 4.57 Å². The van der Waals surface area contributed by atoms with Crippen LogP contribution in [0.5, 0.6) is 0 Å². The summed E-state index contributed by atoms with van der Waals surface area (Å²) in [6, 6.07) is 39.8. The molecule has 0 saturated carbocycles. The molecule has 0 radical (unpaired) electrons. The zero-order valence-corrected chi connectivity index (χ0v) is 19.3. The minimum absolute atomic E-state index is 0.143. The van der Waals surface area contributed by atoms with Gasteiger partial charge in [0.05, 0.1) is 11.0 Å². The van der Waals surface area contributed by atoms with Crippen molar-refractivity contribution in [3.63, 3.8) is 0 Å². The van der Waals surface area contributed by atoms with Gasteiger partial charge in [-0.25, -0.2) is 0 Å². The molecule has 0 aliphatic carbocycles. The fourth-order valence-corrected chi connectivity index (χ4v) is 5.07. The summed E-state index contributed by atoms with van der Waals surface area (Å²) in [5.41, 5.74) is 7.71. The summed E-state index contributed by atoms with van der Waals surface area (Å²) in [4.78, 5) is 0. The van der Waals surface area contributed by atoms with E-state index in [1.54, 1.807) is 0 Å². The number of rotatable bonds is 2. The fourth-order valence-electron chi connectivity index (χ4n) is 5.07. The molecule has 5 aromatic carbocycles. The summed E-state index contributed by atoms with van der Waals surface area (Å²) in [6.45, 7) is 6.80. The molecule has 0 fully saturated rings. The van der Waals surface area contributed by atoms with Gasteiger partial charge in [0.25, 0.3) is 0 Å². The fraction of sp³-hybridized carbons (Fsp3) is 0.125. The Labute approximate surface area is 194 Å². The number of para-hydroxylation sites is 2. The topological polar surface area (TPSA) is 4.93 Å². The van der Waals surface area contributed by atoms with E-state index in [0.717, 1.165) is 0 Å².